The summed E-state index contributed by atoms with van der Waals surface area (Å²) >= 11 is 0. The lowest BCUT2D eigenvalue weighted by Gasteiger charge is -2.35. The number of fused-ring (bicyclic) bond motifs is 8. The minimum absolute atomic E-state index is 0.306. The normalized spacial score (nSPS) is 22.6. The second-order valence-corrected chi connectivity index (χ2v) is 14.5. The summed E-state index contributed by atoms with van der Waals surface area (Å²) in [6.45, 7) is 0. The molecule has 0 bridgehead atoms. The highest BCUT2D eigenvalue weighted by atomic mass is 15.0. The van der Waals surface area contributed by atoms with Crippen LogP contribution in [0.15, 0.2) is 151 Å². The van der Waals surface area contributed by atoms with Gasteiger partial charge in [-0.1, -0.05) is 133 Å². The van der Waals surface area contributed by atoms with Crippen molar-refractivity contribution >= 4 is 38.9 Å². The smallest absolute Gasteiger partial charge is 0.0560 e. The predicted octanol–water partition coefficient (Wildman–Crippen LogP) is 12.3. The van der Waals surface area contributed by atoms with Gasteiger partial charge >= 0.3 is 0 Å². The second kappa shape index (κ2) is 11.8. The SMILES string of the molecule is C1=CC2=C(C3CC=C(c4ccccc4)CC3)Cc3ccc4c(c5c(n4C4C=CC(c6ccc7ccccc7c6)=CC4)C=CCC5)c3C2C=C1. The van der Waals surface area contributed by atoms with Crippen molar-refractivity contribution in [3.63, 3.8) is 0 Å². The van der Waals surface area contributed by atoms with E-state index in [1.54, 1.807) is 27.8 Å². The Morgan fingerprint density at radius 1 is 0.694 bits per heavy atom. The van der Waals surface area contributed by atoms with Crippen LogP contribution in [0.4, 0.5) is 0 Å². The molecule has 5 aromatic rings. The number of hydrogen-bond acceptors (Lipinski definition) is 0. The molecule has 0 N–H and O–H groups in total. The summed E-state index contributed by atoms with van der Waals surface area (Å²) in [5.74, 6) is 0.946. The van der Waals surface area contributed by atoms with Crippen molar-refractivity contribution < 1.29 is 0 Å². The average molecular weight is 632 g/mol. The molecule has 3 atom stereocenters. The molecule has 1 aromatic heterocycles. The second-order valence-electron chi connectivity index (χ2n) is 14.5. The van der Waals surface area contributed by atoms with Crippen molar-refractivity contribution in [1.29, 1.82) is 0 Å². The fraction of sp³-hybridized carbons (Fsp3) is 0.208. The number of aromatic nitrogens is 1. The molecule has 0 amide bonds. The first-order valence-corrected chi connectivity index (χ1v) is 18.3. The van der Waals surface area contributed by atoms with E-state index in [0.717, 1.165) is 38.5 Å². The van der Waals surface area contributed by atoms with Crippen LogP contribution < -0.4 is 0 Å². The van der Waals surface area contributed by atoms with Gasteiger partial charge in [0, 0.05) is 22.5 Å². The Balaban J connectivity index is 1.02. The van der Waals surface area contributed by atoms with E-state index in [-0.39, 0.29) is 0 Å². The van der Waals surface area contributed by atoms with Crippen LogP contribution in [-0.2, 0) is 12.8 Å². The molecule has 5 aliphatic carbocycles. The molecular formula is C48H41N. The van der Waals surface area contributed by atoms with Gasteiger partial charge in [-0.25, -0.2) is 0 Å². The van der Waals surface area contributed by atoms with Crippen LogP contribution in [0, 0.1) is 5.92 Å². The van der Waals surface area contributed by atoms with Crippen LogP contribution in [0.1, 0.15) is 77.6 Å². The van der Waals surface area contributed by atoms with Crippen molar-refractivity contribution in [2.45, 2.75) is 56.9 Å². The molecule has 3 unspecified atom stereocenters. The largest absolute Gasteiger partial charge is 0.333 e. The van der Waals surface area contributed by atoms with Crippen LogP contribution >= 0.6 is 0 Å². The van der Waals surface area contributed by atoms with Crippen LogP contribution in [0.5, 0.6) is 0 Å². The summed E-state index contributed by atoms with van der Waals surface area (Å²) < 4.78 is 2.67. The summed E-state index contributed by atoms with van der Waals surface area (Å²) in [6, 6.07) is 31.8. The van der Waals surface area contributed by atoms with E-state index in [9.17, 15) is 0 Å². The standard InChI is InChI=1S/C48H41N/c1-2-10-32(11-3-1)34-18-21-36(22-19-34)44-31-39-26-29-46-48(47(39)42-15-7-6-14-41(42)44)43-16-8-9-17-45(43)49(46)40-27-24-35(25-28-40)38-23-20-33-12-4-5-13-37(33)30-38/h1-7,9-15,17-18,20,23-27,29-30,36,40,42H,8,16,19,21-22,28,31H2. The molecule has 0 spiro atoms. The molecule has 4 aromatic carbocycles. The molecule has 1 heteroatoms. The predicted molar refractivity (Wildman–Crippen MR) is 208 cm³/mol. The van der Waals surface area contributed by atoms with Crippen molar-refractivity contribution in [2.24, 2.45) is 5.92 Å². The van der Waals surface area contributed by atoms with Crippen molar-refractivity contribution in [3.05, 3.63) is 184 Å². The van der Waals surface area contributed by atoms with Crippen molar-refractivity contribution in [2.75, 3.05) is 0 Å². The Kier molecular flexibility index (Phi) is 6.93. The van der Waals surface area contributed by atoms with Gasteiger partial charge in [0.1, 0.15) is 0 Å². The fourth-order valence-corrected chi connectivity index (χ4v) is 9.53. The molecule has 0 aliphatic heterocycles. The summed E-state index contributed by atoms with van der Waals surface area (Å²) in [6.07, 6.45) is 32.0. The molecule has 10 rings (SSSR count). The van der Waals surface area contributed by atoms with E-state index < -0.39 is 0 Å². The summed E-state index contributed by atoms with van der Waals surface area (Å²) in [4.78, 5) is 0. The first-order chi connectivity index (χ1) is 24.3. The van der Waals surface area contributed by atoms with E-state index >= 15 is 0 Å². The maximum atomic E-state index is 2.67. The van der Waals surface area contributed by atoms with E-state index in [0.29, 0.717) is 17.9 Å². The molecule has 0 saturated carbocycles. The van der Waals surface area contributed by atoms with Gasteiger partial charge < -0.3 is 4.57 Å². The van der Waals surface area contributed by atoms with Gasteiger partial charge in [-0.05, 0) is 124 Å². The van der Waals surface area contributed by atoms with Crippen LogP contribution in [-0.4, -0.2) is 4.57 Å². The molecule has 238 valence electrons. The third-order valence-electron chi connectivity index (χ3n) is 11.9. The minimum atomic E-state index is 0.306. The summed E-state index contributed by atoms with van der Waals surface area (Å²) in [5.41, 5.74) is 16.3. The number of nitrogens with zero attached hydrogens (tertiary/aromatic N) is 1. The monoisotopic (exact) mass is 631 g/mol. The van der Waals surface area contributed by atoms with Crippen LogP contribution in [0.3, 0.4) is 0 Å². The number of aryl methyl sites for hydroxylation is 1. The molecule has 1 nitrogen and oxygen atoms in total. The van der Waals surface area contributed by atoms with Crippen molar-refractivity contribution in [3.8, 4) is 0 Å². The zero-order chi connectivity index (χ0) is 32.3. The number of allylic oxidation sites excluding steroid dienone is 13. The van der Waals surface area contributed by atoms with E-state index in [1.807, 2.05) is 0 Å². The highest BCUT2D eigenvalue weighted by molar-refractivity contribution is 5.95. The number of hydrogen-bond donors (Lipinski definition) is 0. The van der Waals surface area contributed by atoms with Gasteiger partial charge in [0.2, 0.25) is 0 Å². The molecule has 0 fully saturated rings. The maximum Gasteiger partial charge on any atom is 0.0560 e. The highest BCUT2D eigenvalue weighted by Gasteiger charge is 2.34. The van der Waals surface area contributed by atoms with Gasteiger partial charge in [-0.2, -0.15) is 0 Å². The van der Waals surface area contributed by atoms with Gasteiger partial charge in [-0.3, -0.25) is 0 Å². The van der Waals surface area contributed by atoms with E-state index in [4.69, 9.17) is 0 Å². The minimum Gasteiger partial charge on any atom is -0.333 e. The summed E-state index contributed by atoms with van der Waals surface area (Å²) in [5, 5.41) is 4.13. The molecule has 5 aliphatic rings. The van der Waals surface area contributed by atoms with Gasteiger partial charge in [0.15, 0.2) is 0 Å². The Labute approximate surface area is 289 Å². The van der Waals surface area contributed by atoms with E-state index in [1.165, 1.54) is 56.1 Å². The Morgan fingerprint density at radius 2 is 1.59 bits per heavy atom. The Morgan fingerprint density at radius 3 is 2.45 bits per heavy atom. The quantitative estimate of drug-likeness (QED) is 0.186. The molecule has 1 heterocycles. The lowest BCUT2D eigenvalue weighted by atomic mass is 9.69. The lowest BCUT2D eigenvalue weighted by Crippen LogP contribution is -2.21. The molecule has 0 saturated heterocycles. The maximum absolute atomic E-state index is 2.67. The first-order valence-electron chi connectivity index (χ1n) is 18.3. The molecule has 49 heavy (non-hydrogen) atoms. The zero-order valence-corrected chi connectivity index (χ0v) is 28.0. The van der Waals surface area contributed by atoms with Gasteiger partial charge in [0.05, 0.1) is 6.04 Å². The fourth-order valence-electron chi connectivity index (χ4n) is 9.53. The average Bonchev–Trinajstić information content (AvgIpc) is 3.52. The molecule has 0 radical (unpaired) electrons. The third-order valence-corrected chi connectivity index (χ3v) is 11.9. The summed E-state index contributed by atoms with van der Waals surface area (Å²) in [7, 11) is 0. The first kappa shape index (κ1) is 28.8. The highest BCUT2D eigenvalue weighted by Crippen LogP contribution is 2.50. The number of benzene rings is 4. The third kappa shape index (κ3) is 4.82. The van der Waals surface area contributed by atoms with Gasteiger partial charge in [-0.15, -0.1) is 0 Å². The zero-order valence-electron chi connectivity index (χ0n) is 28.0. The lowest BCUT2D eigenvalue weighted by molar-refractivity contribution is 0.537. The topological polar surface area (TPSA) is 4.93 Å². The number of rotatable bonds is 4. The van der Waals surface area contributed by atoms with E-state index in [2.05, 4.69) is 150 Å². The van der Waals surface area contributed by atoms with Crippen molar-refractivity contribution in [1.82, 2.24) is 4.57 Å². The Hall–Kier alpha value is -5.14. The van der Waals surface area contributed by atoms with Crippen LogP contribution in [0.25, 0.3) is 38.9 Å². The molecular weight excluding hydrogens is 591 g/mol. The van der Waals surface area contributed by atoms with Gasteiger partial charge in [0.25, 0.3) is 0 Å². The van der Waals surface area contributed by atoms with Crippen LogP contribution in [0.2, 0.25) is 0 Å². The Bertz CT molecular complexity index is 2360.